The standard InChI is InChI=1S/C21H17N3OS/c22-12-18-10-15-7-6-14(11-20(15)26-18)16-8-9-19(23-13-16)21(25)24-17-4-2-1-3-5-17/h1-11,13H,12,22H2,(H,24,25). The zero-order valence-electron chi connectivity index (χ0n) is 14.0. The van der Waals surface area contributed by atoms with E-state index in [4.69, 9.17) is 5.73 Å². The first kappa shape index (κ1) is 16.4. The summed E-state index contributed by atoms with van der Waals surface area (Å²) in [5.74, 6) is -0.218. The largest absolute Gasteiger partial charge is 0.326 e. The molecule has 1 amide bonds. The second-order valence-electron chi connectivity index (χ2n) is 5.92. The maximum atomic E-state index is 12.3. The molecule has 0 saturated heterocycles. The van der Waals surface area contributed by atoms with Gasteiger partial charge in [0.25, 0.3) is 5.91 Å². The van der Waals surface area contributed by atoms with Crippen LogP contribution in [0.5, 0.6) is 0 Å². The first-order chi connectivity index (χ1) is 12.7. The zero-order chi connectivity index (χ0) is 17.9. The zero-order valence-corrected chi connectivity index (χ0v) is 14.8. The van der Waals surface area contributed by atoms with Crippen LogP contribution in [0.1, 0.15) is 15.4 Å². The number of hydrogen-bond donors (Lipinski definition) is 2. The molecule has 0 atom stereocenters. The number of nitrogens with one attached hydrogen (secondary N) is 1. The Morgan fingerprint density at radius 2 is 1.81 bits per heavy atom. The number of fused-ring (bicyclic) bond motifs is 1. The molecule has 0 saturated carbocycles. The number of hydrogen-bond acceptors (Lipinski definition) is 4. The van der Waals surface area contributed by atoms with E-state index in [0.717, 1.165) is 16.8 Å². The SMILES string of the molecule is NCc1cc2ccc(-c3ccc(C(=O)Nc4ccccc4)nc3)cc2s1. The van der Waals surface area contributed by atoms with Crippen molar-refractivity contribution in [2.45, 2.75) is 6.54 Å². The van der Waals surface area contributed by atoms with Gasteiger partial charge < -0.3 is 11.1 Å². The lowest BCUT2D eigenvalue weighted by Gasteiger charge is -2.06. The number of benzene rings is 2. The predicted molar refractivity (Wildman–Crippen MR) is 107 cm³/mol. The minimum absolute atomic E-state index is 0.218. The highest BCUT2D eigenvalue weighted by Gasteiger charge is 2.09. The molecule has 0 spiro atoms. The van der Waals surface area contributed by atoms with Gasteiger partial charge in [0.2, 0.25) is 0 Å². The van der Waals surface area contributed by atoms with Gasteiger partial charge in [-0.15, -0.1) is 11.3 Å². The molecule has 26 heavy (non-hydrogen) atoms. The summed E-state index contributed by atoms with van der Waals surface area (Å²) in [7, 11) is 0. The average Bonchev–Trinajstić information content (AvgIpc) is 3.11. The van der Waals surface area contributed by atoms with Crippen LogP contribution in [0.4, 0.5) is 5.69 Å². The summed E-state index contributed by atoms with van der Waals surface area (Å²) in [6.07, 6.45) is 1.73. The lowest BCUT2D eigenvalue weighted by atomic mass is 10.1. The van der Waals surface area contributed by atoms with E-state index in [-0.39, 0.29) is 5.91 Å². The highest BCUT2D eigenvalue weighted by Crippen LogP contribution is 2.30. The second-order valence-corrected chi connectivity index (χ2v) is 7.09. The monoisotopic (exact) mass is 359 g/mol. The quantitative estimate of drug-likeness (QED) is 0.556. The van der Waals surface area contributed by atoms with Crippen molar-refractivity contribution < 1.29 is 4.79 Å². The summed E-state index contributed by atoms with van der Waals surface area (Å²) < 4.78 is 1.20. The minimum Gasteiger partial charge on any atom is -0.326 e. The maximum Gasteiger partial charge on any atom is 0.274 e. The molecule has 4 aromatic rings. The normalized spacial score (nSPS) is 10.8. The van der Waals surface area contributed by atoms with Gasteiger partial charge in [-0.2, -0.15) is 0 Å². The molecule has 0 aliphatic heterocycles. The van der Waals surface area contributed by atoms with Gasteiger partial charge in [-0.3, -0.25) is 9.78 Å². The molecule has 0 fully saturated rings. The number of pyridine rings is 1. The summed E-state index contributed by atoms with van der Waals surface area (Å²) in [6.45, 7) is 0.557. The molecule has 4 rings (SSSR count). The Bertz CT molecular complexity index is 1060. The Labute approximate surface area is 155 Å². The number of nitrogens with two attached hydrogens (primary N) is 1. The summed E-state index contributed by atoms with van der Waals surface area (Å²) in [6, 6.07) is 21.4. The van der Waals surface area contributed by atoms with Crippen LogP contribution in [0.3, 0.4) is 0 Å². The fourth-order valence-electron chi connectivity index (χ4n) is 2.78. The van der Waals surface area contributed by atoms with E-state index in [1.807, 2.05) is 36.4 Å². The number of carbonyl (C=O) groups excluding carboxylic acids is 1. The highest BCUT2D eigenvalue weighted by molar-refractivity contribution is 7.19. The molecular weight excluding hydrogens is 342 g/mol. The molecule has 0 bridgehead atoms. The highest BCUT2D eigenvalue weighted by atomic mass is 32.1. The number of aromatic nitrogens is 1. The molecule has 4 nitrogen and oxygen atoms in total. The first-order valence-corrected chi connectivity index (χ1v) is 9.10. The van der Waals surface area contributed by atoms with Crippen LogP contribution < -0.4 is 11.1 Å². The van der Waals surface area contributed by atoms with Gasteiger partial charge in [0.1, 0.15) is 5.69 Å². The van der Waals surface area contributed by atoms with Gasteiger partial charge >= 0.3 is 0 Å². The van der Waals surface area contributed by atoms with Gasteiger partial charge in [-0.05, 0) is 41.3 Å². The Balaban J connectivity index is 1.56. The fraction of sp³-hybridized carbons (Fsp3) is 0.0476. The van der Waals surface area contributed by atoms with Gasteiger partial charge in [-0.1, -0.05) is 36.4 Å². The molecule has 2 aromatic carbocycles. The van der Waals surface area contributed by atoms with E-state index >= 15 is 0 Å². The summed E-state index contributed by atoms with van der Waals surface area (Å²) >= 11 is 1.71. The van der Waals surface area contributed by atoms with E-state index in [1.54, 1.807) is 23.6 Å². The van der Waals surface area contributed by atoms with Crippen LogP contribution in [0.2, 0.25) is 0 Å². The second kappa shape index (κ2) is 7.07. The van der Waals surface area contributed by atoms with Crippen molar-refractivity contribution in [1.29, 1.82) is 0 Å². The van der Waals surface area contributed by atoms with Crippen molar-refractivity contribution in [2.75, 3.05) is 5.32 Å². The molecule has 0 radical (unpaired) electrons. The average molecular weight is 359 g/mol. The van der Waals surface area contributed by atoms with E-state index in [0.29, 0.717) is 12.2 Å². The molecule has 0 aliphatic carbocycles. The summed E-state index contributed by atoms with van der Waals surface area (Å²) in [5, 5.41) is 4.04. The summed E-state index contributed by atoms with van der Waals surface area (Å²) in [4.78, 5) is 17.8. The Kier molecular flexibility index (Phi) is 4.48. The molecule has 2 aromatic heterocycles. The van der Waals surface area contributed by atoms with Crippen molar-refractivity contribution in [2.24, 2.45) is 5.73 Å². The lowest BCUT2D eigenvalue weighted by molar-refractivity contribution is 0.102. The Morgan fingerprint density at radius 1 is 1.00 bits per heavy atom. The number of anilines is 1. The van der Waals surface area contributed by atoms with E-state index < -0.39 is 0 Å². The molecule has 128 valence electrons. The van der Waals surface area contributed by atoms with Crippen molar-refractivity contribution in [1.82, 2.24) is 4.98 Å². The van der Waals surface area contributed by atoms with Crippen LogP contribution in [0.15, 0.2) is 72.9 Å². The number of thiophene rings is 1. The molecule has 3 N–H and O–H groups in total. The molecule has 2 heterocycles. The van der Waals surface area contributed by atoms with Crippen LogP contribution in [0, 0.1) is 0 Å². The minimum atomic E-state index is -0.218. The predicted octanol–water partition coefficient (Wildman–Crippen LogP) is 4.67. The molecular formula is C21H17N3OS. The third-order valence-electron chi connectivity index (χ3n) is 4.13. The van der Waals surface area contributed by atoms with Gasteiger partial charge in [0.05, 0.1) is 0 Å². The van der Waals surface area contributed by atoms with Crippen molar-refractivity contribution in [3.05, 3.63) is 83.5 Å². The van der Waals surface area contributed by atoms with Crippen LogP contribution >= 0.6 is 11.3 Å². The third kappa shape index (κ3) is 3.35. The molecule has 0 aliphatic rings. The van der Waals surface area contributed by atoms with Crippen molar-refractivity contribution in [3.8, 4) is 11.1 Å². The first-order valence-electron chi connectivity index (χ1n) is 8.28. The van der Waals surface area contributed by atoms with E-state index in [9.17, 15) is 4.79 Å². The lowest BCUT2D eigenvalue weighted by Crippen LogP contribution is -2.13. The van der Waals surface area contributed by atoms with Gasteiger partial charge in [0, 0.05) is 33.6 Å². The number of para-hydroxylation sites is 1. The Hall–Kier alpha value is -3.02. The Morgan fingerprint density at radius 3 is 2.54 bits per heavy atom. The van der Waals surface area contributed by atoms with Crippen molar-refractivity contribution >= 4 is 33.0 Å². The van der Waals surface area contributed by atoms with Crippen molar-refractivity contribution in [3.63, 3.8) is 0 Å². The topological polar surface area (TPSA) is 68.0 Å². The van der Waals surface area contributed by atoms with E-state index in [2.05, 4.69) is 34.6 Å². The number of amides is 1. The summed E-state index contributed by atoms with van der Waals surface area (Å²) in [5.41, 5.74) is 8.92. The van der Waals surface area contributed by atoms with Gasteiger partial charge in [-0.25, -0.2) is 0 Å². The maximum absolute atomic E-state index is 12.3. The number of carbonyl (C=O) groups is 1. The number of nitrogens with zero attached hydrogens (tertiary/aromatic N) is 1. The van der Waals surface area contributed by atoms with Crippen LogP contribution in [0.25, 0.3) is 21.2 Å². The number of rotatable bonds is 4. The molecule has 5 heteroatoms. The fourth-order valence-corrected chi connectivity index (χ4v) is 3.76. The van der Waals surface area contributed by atoms with Gasteiger partial charge in [0.15, 0.2) is 0 Å². The smallest absolute Gasteiger partial charge is 0.274 e. The third-order valence-corrected chi connectivity index (χ3v) is 5.25. The van der Waals surface area contributed by atoms with Crippen LogP contribution in [-0.2, 0) is 6.54 Å². The van der Waals surface area contributed by atoms with Crippen LogP contribution in [-0.4, -0.2) is 10.9 Å². The van der Waals surface area contributed by atoms with E-state index in [1.165, 1.54) is 15.0 Å². The molecule has 0 unspecified atom stereocenters.